The zero-order valence-corrected chi connectivity index (χ0v) is 14.2. The number of carbonyl (C=O) groups excluding carboxylic acids is 1. The summed E-state index contributed by atoms with van der Waals surface area (Å²) in [7, 11) is 0. The molecule has 2 aromatic carbocycles. The average molecular weight is 350 g/mol. The lowest BCUT2D eigenvalue weighted by atomic mass is 10.2. The molecule has 1 aromatic heterocycles. The maximum atomic E-state index is 12.5. The summed E-state index contributed by atoms with van der Waals surface area (Å²) in [5.41, 5.74) is 4.59. The third-order valence-corrected chi connectivity index (χ3v) is 4.50. The Morgan fingerprint density at radius 3 is 2.84 bits per heavy atom. The fraction of sp³-hybridized carbons (Fsp3) is 0.100. The molecule has 4 nitrogen and oxygen atoms in total. The van der Waals surface area contributed by atoms with Gasteiger partial charge in [0.2, 0.25) is 0 Å². The molecular weight excluding hydrogens is 334 g/mol. The predicted octanol–water partition coefficient (Wildman–Crippen LogP) is 4.68. The first kappa shape index (κ1) is 15.7. The minimum absolute atomic E-state index is 0.205. The first-order chi connectivity index (χ1) is 12.2. The number of halogens is 1. The minimum atomic E-state index is -0.205. The van der Waals surface area contributed by atoms with Gasteiger partial charge in [-0.25, -0.2) is 0 Å². The maximum Gasteiger partial charge on any atom is 0.257 e. The van der Waals surface area contributed by atoms with E-state index in [1.165, 1.54) is 11.3 Å². The van der Waals surface area contributed by atoms with Crippen molar-refractivity contribution in [3.8, 4) is 0 Å². The van der Waals surface area contributed by atoms with E-state index in [1.54, 1.807) is 36.7 Å². The summed E-state index contributed by atoms with van der Waals surface area (Å²) in [5.74, 6) is -0.205. The van der Waals surface area contributed by atoms with Gasteiger partial charge in [-0.05, 0) is 42.3 Å². The maximum absolute atomic E-state index is 12.5. The molecule has 0 radical (unpaired) electrons. The Hall–Kier alpha value is -2.85. The van der Waals surface area contributed by atoms with E-state index in [0.717, 1.165) is 18.7 Å². The number of nitrogens with zero attached hydrogens (tertiary/aromatic N) is 2. The predicted molar refractivity (Wildman–Crippen MR) is 101 cm³/mol. The second kappa shape index (κ2) is 6.57. The smallest absolute Gasteiger partial charge is 0.257 e. The zero-order chi connectivity index (χ0) is 17.2. The molecule has 0 bridgehead atoms. The Labute approximate surface area is 151 Å². The number of rotatable bonds is 3. The molecule has 1 aliphatic heterocycles. The number of hydrogen-bond acceptors (Lipinski definition) is 3. The van der Waals surface area contributed by atoms with E-state index in [4.69, 9.17) is 11.6 Å². The molecule has 0 aliphatic carbocycles. The Bertz CT molecular complexity index is 941. The van der Waals surface area contributed by atoms with Crippen molar-refractivity contribution in [2.75, 3.05) is 16.8 Å². The molecule has 1 amide bonds. The number of anilines is 3. The van der Waals surface area contributed by atoms with Crippen LogP contribution in [0.3, 0.4) is 0 Å². The third-order valence-electron chi connectivity index (χ3n) is 4.27. The van der Waals surface area contributed by atoms with Gasteiger partial charge in [0.1, 0.15) is 0 Å². The van der Waals surface area contributed by atoms with Crippen molar-refractivity contribution in [3.63, 3.8) is 0 Å². The van der Waals surface area contributed by atoms with Crippen molar-refractivity contribution in [1.82, 2.24) is 4.98 Å². The zero-order valence-electron chi connectivity index (χ0n) is 13.4. The van der Waals surface area contributed by atoms with Gasteiger partial charge >= 0.3 is 0 Å². The lowest BCUT2D eigenvalue weighted by molar-refractivity contribution is 0.102. The van der Waals surface area contributed by atoms with E-state index in [9.17, 15) is 4.79 Å². The van der Waals surface area contributed by atoms with Gasteiger partial charge < -0.3 is 10.2 Å². The molecule has 25 heavy (non-hydrogen) atoms. The SMILES string of the molecule is O=C(Nc1cccc(Cl)c1)c1cncc(N2CCc3ccccc32)c1. The molecule has 0 fully saturated rings. The second-order valence-electron chi connectivity index (χ2n) is 5.93. The molecule has 0 saturated heterocycles. The Balaban J connectivity index is 1.59. The van der Waals surface area contributed by atoms with E-state index in [2.05, 4.69) is 33.4 Å². The number of benzene rings is 2. The highest BCUT2D eigenvalue weighted by Crippen LogP contribution is 2.34. The van der Waals surface area contributed by atoms with Gasteiger partial charge in [0.15, 0.2) is 0 Å². The van der Waals surface area contributed by atoms with Gasteiger partial charge in [0.05, 0.1) is 17.4 Å². The van der Waals surface area contributed by atoms with Crippen LogP contribution in [-0.4, -0.2) is 17.4 Å². The Kier molecular flexibility index (Phi) is 4.12. The van der Waals surface area contributed by atoms with Crippen LogP contribution >= 0.6 is 11.6 Å². The number of pyridine rings is 1. The number of para-hydroxylation sites is 1. The van der Waals surface area contributed by atoms with Crippen molar-refractivity contribution in [1.29, 1.82) is 0 Å². The van der Waals surface area contributed by atoms with Gasteiger partial charge in [-0.15, -0.1) is 0 Å². The number of fused-ring (bicyclic) bond motifs is 1. The number of carbonyl (C=O) groups is 1. The molecule has 1 N–H and O–H groups in total. The van der Waals surface area contributed by atoms with E-state index >= 15 is 0 Å². The summed E-state index contributed by atoms with van der Waals surface area (Å²) in [6.07, 6.45) is 4.36. The summed E-state index contributed by atoms with van der Waals surface area (Å²) < 4.78 is 0. The molecule has 0 spiro atoms. The number of hydrogen-bond donors (Lipinski definition) is 1. The van der Waals surface area contributed by atoms with Crippen molar-refractivity contribution in [3.05, 3.63) is 83.1 Å². The number of amides is 1. The summed E-state index contributed by atoms with van der Waals surface area (Å²) >= 11 is 5.96. The second-order valence-corrected chi connectivity index (χ2v) is 6.36. The Morgan fingerprint density at radius 1 is 1.08 bits per heavy atom. The van der Waals surface area contributed by atoms with Crippen LogP contribution in [-0.2, 0) is 6.42 Å². The largest absolute Gasteiger partial charge is 0.340 e. The van der Waals surface area contributed by atoms with Gasteiger partial charge in [-0.1, -0.05) is 35.9 Å². The molecule has 5 heteroatoms. The molecule has 0 atom stereocenters. The van der Waals surface area contributed by atoms with Crippen molar-refractivity contribution < 1.29 is 4.79 Å². The lowest BCUT2D eigenvalue weighted by Crippen LogP contribution is -2.16. The Morgan fingerprint density at radius 2 is 1.96 bits per heavy atom. The van der Waals surface area contributed by atoms with Crippen LogP contribution < -0.4 is 10.2 Å². The number of aromatic nitrogens is 1. The first-order valence-corrected chi connectivity index (χ1v) is 8.46. The molecule has 2 heterocycles. The monoisotopic (exact) mass is 349 g/mol. The quantitative estimate of drug-likeness (QED) is 0.746. The molecule has 3 aromatic rings. The van der Waals surface area contributed by atoms with Gasteiger partial charge in [-0.3, -0.25) is 9.78 Å². The molecule has 0 unspecified atom stereocenters. The number of nitrogens with one attached hydrogen (secondary N) is 1. The normalized spacial score (nSPS) is 12.8. The third kappa shape index (κ3) is 3.21. The van der Waals surface area contributed by atoms with Crippen LogP contribution in [0.15, 0.2) is 67.0 Å². The molecule has 0 saturated carbocycles. The van der Waals surface area contributed by atoms with Crippen molar-refractivity contribution >= 4 is 34.6 Å². The van der Waals surface area contributed by atoms with E-state index in [0.29, 0.717) is 16.3 Å². The molecule has 124 valence electrons. The lowest BCUT2D eigenvalue weighted by Gasteiger charge is -2.19. The minimum Gasteiger partial charge on any atom is -0.340 e. The molecule has 4 rings (SSSR count). The highest BCUT2D eigenvalue weighted by molar-refractivity contribution is 6.31. The van der Waals surface area contributed by atoms with Crippen molar-refractivity contribution in [2.45, 2.75) is 6.42 Å². The first-order valence-electron chi connectivity index (χ1n) is 8.08. The van der Waals surface area contributed by atoms with Crippen LogP contribution in [0.4, 0.5) is 17.1 Å². The molecular formula is C20H16ClN3O. The van der Waals surface area contributed by atoms with Gasteiger partial charge in [0, 0.05) is 29.1 Å². The molecule has 1 aliphatic rings. The van der Waals surface area contributed by atoms with Crippen LogP contribution in [0.1, 0.15) is 15.9 Å². The van der Waals surface area contributed by atoms with Crippen LogP contribution in [0.25, 0.3) is 0 Å². The van der Waals surface area contributed by atoms with Crippen LogP contribution in [0.2, 0.25) is 5.02 Å². The summed E-state index contributed by atoms with van der Waals surface area (Å²) in [6.45, 7) is 0.889. The van der Waals surface area contributed by atoms with E-state index < -0.39 is 0 Å². The average Bonchev–Trinajstić information content (AvgIpc) is 3.06. The summed E-state index contributed by atoms with van der Waals surface area (Å²) in [6, 6.07) is 17.3. The van der Waals surface area contributed by atoms with Crippen molar-refractivity contribution in [2.24, 2.45) is 0 Å². The van der Waals surface area contributed by atoms with Crippen LogP contribution in [0.5, 0.6) is 0 Å². The highest BCUT2D eigenvalue weighted by atomic mass is 35.5. The summed E-state index contributed by atoms with van der Waals surface area (Å²) in [5, 5.41) is 3.44. The fourth-order valence-corrected chi connectivity index (χ4v) is 3.27. The van der Waals surface area contributed by atoms with E-state index in [1.807, 2.05) is 12.1 Å². The fourth-order valence-electron chi connectivity index (χ4n) is 3.08. The topological polar surface area (TPSA) is 45.2 Å². The van der Waals surface area contributed by atoms with Gasteiger partial charge in [0.25, 0.3) is 5.91 Å². The highest BCUT2D eigenvalue weighted by Gasteiger charge is 2.20. The summed E-state index contributed by atoms with van der Waals surface area (Å²) in [4.78, 5) is 19.0. The standard InChI is InChI=1S/C20H16ClN3O/c21-16-5-3-6-17(11-16)23-20(25)15-10-18(13-22-12-15)24-9-8-14-4-1-2-7-19(14)24/h1-7,10-13H,8-9H2,(H,23,25). The van der Waals surface area contributed by atoms with Gasteiger partial charge in [-0.2, -0.15) is 0 Å². The van der Waals surface area contributed by atoms with Crippen LogP contribution in [0, 0.1) is 0 Å². The van der Waals surface area contributed by atoms with E-state index in [-0.39, 0.29) is 5.91 Å².